The Morgan fingerprint density at radius 3 is 2.45 bits per heavy atom. The predicted molar refractivity (Wildman–Crippen MR) is 127 cm³/mol. The van der Waals surface area contributed by atoms with Crippen LogP contribution in [-0.2, 0) is 13.0 Å². The number of aromatic nitrogens is 4. The van der Waals surface area contributed by atoms with Gasteiger partial charge in [-0.2, -0.15) is 0 Å². The molecule has 2 aromatic carbocycles. The second-order valence-corrected chi connectivity index (χ2v) is 8.22. The van der Waals surface area contributed by atoms with Crippen LogP contribution in [0, 0.1) is 0 Å². The second kappa shape index (κ2) is 8.48. The van der Waals surface area contributed by atoms with Crippen LogP contribution in [0.4, 0.5) is 0 Å². The van der Waals surface area contributed by atoms with Crippen LogP contribution in [0.1, 0.15) is 28.6 Å². The molecule has 0 bridgehead atoms. The molecule has 0 amide bonds. The number of nitrogens with zero attached hydrogens (tertiary/aromatic N) is 4. The molecule has 5 aromatic rings. The summed E-state index contributed by atoms with van der Waals surface area (Å²) in [4.78, 5) is 19.2. The average Bonchev–Trinajstić information content (AvgIpc) is 3.25. The summed E-state index contributed by atoms with van der Waals surface area (Å²) in [5, 5.41) is 1.32. The Morgan fingerprint density at radius 1 is 0.848 bits per heavy atom. The zero-order valence-corrected chi connectivity index (χ0v) is 18.1. The number of para-hydroxylation sites is 1. The van der Waals surface area contributed by atoms with Crippen LogP contribution >= 0.6 is 0 Å². The molecule has 0 fully saturated rings. The van der Waals surface area contributed by atoms with Gasteiger partial charge < -0.3 is 9.72 Å². The highest BCUT2D eigenvalue weighted by molar-refractivity contribution is 5.85. The molecule has 33 heavy (non-hydrogen) atoms. The van der Waals surface area contributed by atoms with E-state index in [9.17, 15) is 0 Å². The lowest BCUT2D eigenvalue weighted by Crippen LogP contribution is -2.36. The van der Waals surface area contributed by atoms with Gasteiger partial charge in [0, 0.05) is 48.3 Å². The third-order valence-corrected chi connectivity index (χ3v) is 6.16. The number of ether oxygens (including phenoxy) is 1. The van der Waals surface area contributed by atoms with Crippen LogP contribution in [0.2, 0.25) is 0 Å². The molecule has 1 aliphatic heterocycles. The molecular formula is C27H23N5O. The second-order valence-electron chi connectivity index (χ2n) is 8.22. The molecule has 1 atom stereocenters. The zero-order valence-electron chi connectivity index (χ0n) is 18.1. The Kier molecular flexibility index (Phi) is 5.05. The quantitative estimate of drug-likeness (QED) is 0.408. The standard InChI is InChI=1S/C27H23N5O/c1-2-7-23-21(6-1)22-13-17-32(26(25(22)31-23)24-8-3-4-14-28-24)18-19-9-11-20(12-10-19)33-27-29-15-5-16-30-27/h1-12,14-16,26,31H,13,17-18H2. The normalized spacial score (nSPS) is 15.9. The summed E-state index contributed by atoms with van der Waals surface area (Å²) < 4.78 is 5.74. The molecule has 162 valence electrons. The van der Waals surface area contributed by atoms with E-state index < -0.39 is 0 Å². The van der Waals surface area contributed by atoms with Gasteiger partial charge in [0.15, 0.2) is 0 Å². The highest BCUT2D eigenvalue weighted by Crippen LogP contribution is 2.38. The summed E-state index contributed by atoms with van der Waals surface area (Å²) in [7, 11) is 0. The van der Waals surface area contributed by atoms with E-state index in [0.29, 0.717) is 6.01 Å². The fraction of sp³-hybridized carbons (Fsp3) is 0.148. The van der Waals surface area contributed by atoms with E-state index in [1.54, 1.807) is 18.5 Å². The lowest BCUT2D eigenvalue weighted by Gasteiger charge is -2.35. The fourth-order valence-corrected chi connectivity index (χ4v) is 4.67. The summed E-state index contributed by atoms with van der Waals surface area (Å²) in [6.45, 7) is 1.78. The van der Waals surface area contributed by atoms with Gasteiger partial charge in [-0.15, -0.1) is 0 Å². The van der Waals surface area contributed by atoms with Crippen molar-refractivity contribution in [3.05, 3.63) is 114 Å². The van der Waals surface area contributed by atoms with Crippen molar-refractivity contribution in [1.82, 2.24) is 24.8 Å². The molecule has 3 aromatic heterocycles. The number of hydrogen-bond donors (Lipinski definition) is 1. The van der Waals surface area contributed by atoms with Crippen LogP contribution < -0.4 is 4.74 Å². The minimum absolute atomic E-state index is 0.0796. The number of fused-ring (bicyclic) bond motifs is 3. The van der Waals surface area contributed by atoms with E-state index in [2.05, 4.69) is 68.4 Å². The monoisotopic (exact) mass is 433 g/mol. The van der Waals surface area contributed by atoms with E-state index >= 15 is 0 Å². The summed E-state index contributed by atoms with van der Waals surface area (Å²) in [6.07, 6.45) is 6.23. The number of benzene rings is 2. The number of rotatable bonds is 5. The molecule has 6 nitrogen and oxygen atoms in total. The number of aromatic amines is 1. The molecule has 0 spiro atoms. The van der Waals surface area contributed by atoms with Crippen molar-refractivity contribution in [2.75, 3.05) is 6.54 Å². The van der Waals surface area contributed by atoms with Gasteiger partial charge in [0.05, 0.1) is 11.7 Å². The first-order chi connectivity index (χ1) is 16.3. The summed E-state index contributed by atoms with van der Waals surface area (Å²) in [6, 6.07) is 25.1. The lowest BCUT2D eigenvalue weighted by molar-refractivity contribution is 0.198. The molecule has 0 saturated heterocycles. The van der Waals surface area contributed by atoms with Crippen molar-refractivity contribution >= 4 is 10.9 Å². The number of H-pyrrole nitrogens is 1. The van der Waals surface area contributed by atoms with Crippen LogP contribution in [0.3, 0.4) is 0 Å². The molecule has 0 saturated carbocycles. The van der Waals surface area contributed by atoms with Crippen LogP contribution in [0.25, 0.3) is 10.9 Å². The van der Waals surface area contributed by atoms with Crippen molar-refractivity contribution < 1.29 is 4.74 Å². The Hall–Kier alpha value is -4.03. The van der Waals surface area contributed by atoms with E-state index in [1.807, 2.05) is 24.4 Å². The maximum atomic E-state index is 5.74. The average molecular weight is 434 g/mol. The van der Waals surface area contributed by atoms with E-state index in [-0.39, 0.29) is 6.04 Å². The molecule has 0 radical (unpaired) electrons. The third kappa shape index (κ3) is 3.85. The predicted octanol–water partition coefficient (Wildman–Crippen LogP) is 5.29. The van der Waals surface area contributed by atoms with Gasteiger partial charge in [-0.3, -0.25) is 9.88 Å². The molecule has 6 rings (SSSR count). The van der Waals surface area contributed by atoms with Gasteiger partial charge in [0.25, 0.3) is 0 Å². The Bertz CT molecular complexity index is 1370. The first-order valence-corrected chi connectivity index (χ1v) is 11.1. The Balaban J connectivity index is 1.30. The first-order valence-electron chi connectivity index (χ1n) is 11.1. The van der Waals surface area contributed by atoms with Crippen LogP contribution in [-0.4, -0.2) is 31.4 Å². The van der Waals surface area contributed by atoms with Crippen molar-refractivity contribution in [2.24, 2.45) is 0 Å². The third-order valence-electron chi connectivity index (χ3n) is 6.16. The highest BCUT2D eigenvalue weighted by Gasteiger charge is 2.32. The minimum atomic E-state index is 0.0796. The number of nitrogens with one attached hydrogen (secondary N) is 1. The van der Waals surface area contributed by atoms with Crippen LogP contribution in [0.5, 0.6) is 11.8 Å². The number of hydrogen-bond acceptors (Lipinski definition) is 5. The fourth-order valence-electron chi connectivity index (χ4n) is 4.67. The largest absolute Gasteiger partial charge is 0.424 e. The van der Waals surface area contributed by atoms with Gasteiger partial charge in [-0.1, -0.05) is 36.4 Å². The molecule has 4 heterocycles. The van der Waals surface area contributed by atoms with Gasteiger partial charge in [0.1, 0.15) is 5.75 Å². The smallest absolute Gasteiger partial charge is 0.321 e. The van der Waals surface area contributed by atoms with Crippen molar-refractivity contribution in [2.45, 2.75) is 19.0 Å². The van der Waals surface area contributed by atoms with E-state index in [1.165, 1.54) is 27.7 Å². The maximum Gasteiger partial charge on any atom is 0.321 e. The lowest BCUT2D eigenvalue weighted by atomic mass is 9.94. The highest BCUT2D eigenvalue weighted by atomic mass is 16.5. The molecule has 1 N–H and O–H groups in total. The maximum absolute atomic E-state index is 5.74. The minimum Gasteiger partial charge on any atom is -0.424 e. The van der Waals surface area contributed by atoms with Gasteiger partial charge in [-0.25, -0.2) is 9.97 Å². The van der Waals surface area contributed by atoms with Crippen molar-refractivity contribution in [1.29, 1.82) is 0 Å². The summed E-state index contributed by atoms with van der Waals surface area (Å²) in [5.74, 6) is 0.725. The Morgan fingerprint density at radius 2 is 1.64 bits per heavy atom. The molecule has 1 unspecified atom stereocenters. The van der Waals surface area contributed by atoms with Crippen LogP contribution in [0.15, 0.2) is 91.4 Å². The van der Waals surface area contributed by atoms with E-state index in [4.69, 9.17) is 9.72 Å². The number of pyridine rings is 1. The zero-order chi connectivity index (χ0) is 22.0. The molecular weight excluding hydrogens is 410 g/mol. The van der Waals surface area contributed by atoms with Crippen molar-refractivity contribution in [3.63, 3.8) is 0 Å². The van der Waals surface area contributed by atoms with Gasteiger partial charge in [-0.05, 0) is 53.9 Å². The van der Waals surface area contributed by atoms with Gasteiger partial charge >= 0.3 is 6.01 Å². The molecule has 1 aliphatic rings. The summed E-state index contributed by atoms with van der Waals surface area (Å²) >= 11 is 0. The Labute approximate surface area is 191 Å². The first kappa shape index (κ1) is 19.6. The summed E-state index contributed by atoms with van der Waals surface area (Å²) in [5.41, 5.74) is 6.13. The van der Waals surface area contributed by atoms with Crippen molar-refractivity contribution in [3.8, 4) is 11.8 Å². The van der Waals surface area contributed by atoms with Gasteiger partial charge in [0.2, 0.25) is 0 Å². The topological polar surface area (TPSA) is 66.9 Å². The molecule has 6 heteroatoms. The SMILES string of the molecule is c1ccc(C2c3[nH]c4ccccc4c3CCN2Cc2ccc(Oc3ncccn3)cc2)nc1. The molecule has 0 aliphatic carbocycles. The van der Waals surface area contributed by atoms with E-state index in [0.717, 1.165) is 31.0 Å².